The predicted molar refractivity (Wildman–Crippen MR) is 57.9 cm³/mol. The fourth-order valence-corrected chi connectivity index (χ4v) is 1.73. The second-order valence-corrected chi connectivity index (χ2v) is 3.92. The molecular weight excluding hydrogens is 200 g/mol. The van der Waals surface area contributed by atoms with Gasteiger partial charge in [0.25, 0.3) is 0 Å². The van der Waals surface area contributed by atoms with Gasteiger partial charge >= 0.3 is 0 Å². The first-order valence-electron chi connectivity index (χ1n) is 4.83. The minimum Gasteiger partial charge on any atom is -0.340 e. The lowest BCUT2D eigenvalue weighted by Crippen LogP contribution is -2.44. The van der Waals surface area contributed by atoms with Crippen molar-refractivity contribution < 1.29 is 0 Å². The van der Waals surface area contributed by atoms with Crippen molar-refractivity contribution in [1.29, 1.82) is 0 Å². The van der Waals surface area contributed by atoms with Crippen LogP contribution in [0.1, 0.15) is 5.69 Å². The zero-order chi connectivity index (χ0) is 9.97. The summed E-state index contributed by atoms with van der Waals surface area (Å²) in [4.78, 5) is 12.1. The molecule has 0 spiro atoms. The quantitative estimate of drug-likeness (QED) is 0.744. The van der Waals surface area contributed by atoms with Crippen molar-refractivity contribution >= 4 is 17.5 Å². The summed E-state index contributed by atoms with van der Waals surface area (Å²) < 4.78 is 0. The van der Waals surface area contributed by atoms with Crippen LogP contribution in [-0.4, -0.2) is 48.1 Å². The van der Waals surface area contributed by atoms with Crippen LogP contribution < -0.4 is 4.90 Å². The van der Waals surface area contributed by atoms with E-state index in [1.54, 1.807) is 6.20 Å². The first-order valence-corrected chi connectivity index (χ1v) is 5.36. The van der Waals surface area contributed by atoms with E-state index in [-0.39, 0.29) is 0 Å². The van der Waals surface area contributed by atoms with Gasteiger partial charge in [0.2, 0.25) is 5.95 Å². The molecule has 2 heterocycles. The summed E-state index contributed by atoms with van der Waals surface area (Å²) in [6, 6.07) is 0. The van der Waals surface area contributed by atoms with Crippen LogP contribution in [0.5, 0.6) is 0 Å². The summed E-state index contributed by atoms with van der Waals surface area (Å²) in [6.07, 6.45) is 1.81. The number of alkyl halides is 1. The van der Waals surface area contributed by atoms with Crippen molar-refractivity contribution in [3.8, 4) is 0 Å². The third-order valence-corrected chi connectivity index (χ3v) is 2.85. The van der Waals surface area contributed by atoms with Gasteiger partial charge < -0.3 is 14.8 Å². The summed E-state index contributed by atoms with van der Waals surface area (Å²) in [6.45, 7) is 4.26. The summed E-state index contributed by atoms with van der Waals surface area (Å²) in [5, 5.41) is 0. The summed E-state index contributed by atoms with van der Waals surface area (Å²) in [7, 11) is 2.14. The number of nitrogens with one attached hydrogen (secondary N) is 1. The van der Waals surface area contributed by atoms with Crippen molar-refractivity contribution in [2.75, 3.05) is 38.1 Å². The average molecular weight is 215 g/mol. The topological polar surface area (TPSA) is 35.2 Å². The largest absolute Gasteiger partial charge is 0.340 e. The van der Waals surface area contributed by atoms with Gasteiger partial charge in [-0.1, -0.05) is 0 Å². The Morgan fingerprint density at radius 1 is 1.43 bits per heavy atom. The molecule has 4 nitrogen and oxygen atoms in total. The number of imidazole rings is 1. The second kappa shape index (κ2) is 4.19. The Morgan fingerprint density at radius 3 is 2.71 bits per heavy atom. The van der Waals surface area contributed by atoms with E-state index in [2.05, 4.69) is 26.8 Å². The fraction of sp³-hybridized carbons (Fsp3) is 0.667. The number of anilines is 1. The predicted octanol–water partition coefficient (Wildman–Crippen LogP) is 0.900. The van der Waals surface area contributed by atoms with Crippen LogP contribution in [0.3, 0.4) is 0 Å². The zero-order valence-corrected chi connectivity index (χ0v) is 9.09. The Balaban J connectivity index is 2.01. The van der Waals surface area contributed by atoms with E-state index < -0.39 is 0 Å². The van der Waals surface area contributed by atoms with Crippen molar-refractivity contribution in [2.24, 2.45) is 0 Å². The maximum atomic E-state index is 5.70. The molecule has 0 atom stereocenters. The highest BCUT2D eigenvalue weighted by Crippen LogP contribution is 2.12. The molecule has 0 radical (unpaired) electrons. The van der Waals surface area contributed by atoms with E-state index in [1.807, 2.05) is 0 Å². The Labute approximate surface area is 88.9 Å². The smallest absolute Gasteiger partial charge is 0.203 e. The number of nitrogens with zero attached hydrogens (tertiary/aromatic N) is 3. The molecular formula is C9H15ClN4. The van der Waals surface area contributed by atoms with Crippen molar-refractivity contribution in [3.05, 3.63) is 11.9 Å². The molecule has 1 N–H and O–H groups in total. The van der Waals surface area contributed by atoms with E-state index >= 15 is 0 Å². The number of rotatable bonds is 2. The van der Waals surface area contributed by atoms with Crippen LogP contribution >= 0.6 is 11.6 Å². The second-order valence-electron chi connectivity index (χ2n) is 3.66. The van der Waals surface area contributed by atoms with Gasteiger partial charge in [-0.05, 0) is 7.05 Å². The van der Waals surface area contributed by atoms with E-state index in [0.717, 1.165) is 37.8 Å². The number of halogens is 1. The molecule has 0 aliphatic carbocycles. The van der Waals surface area contributed by atoms with Crippen molar-refractivity contribution in [2.45, 2.75) is 5.88 Å². The van der Waals surface area contributed by atoms with Gasteiger partial charge in [0.15, 0.2) is 0 Å². The lowest BCUT2D eigenvalue weighted by molar-refractivity contribution is 0.311. The molecule has 2 rings (SSSR count). The molecule has 0 unspecified atom stereocenters. The number of H-pyrrole nitrogens is 1. The maximum Gasteiger partial charge on any atom is 0.203 e. The van der Waals surface area contributed by atoms with Crippen LogP contribution in [0.4, 0.5) is 5.95 Å². The molecule has 0 amide bonds. The molecule has 1 fully saturated rings. The molecule has 1 aliphatic heterocycles. The van der Waals surface area contributed by atoms with Gasteiger partial charge in [-0.2, -0.15) is 0 Å². The minimum absolute atomic E-state index is 0.501. The normalized spacial score (nSPS) is 18.9. The number of aromatic nitrogens is 2. The summed E-state index contributed by atoms with van der Waals surface area (Å²) in [5.41, 5.74) is 0.987. The SMILES string of the molecule is CN1CCN(c2ncc(CCl)[nH]2)CC1. The Morgan fingerprint density at radius 2 is 2.14 bits per heavy atom. The van der Waals surface area contributed by atoms with Gasteiger partial charge in [-0.15, -0.1) is 11.6 Å². The molecule has 0 bridgehead atoms. The van der Waals surface area contributed by atoms with Gasteiger partial charge in [-0.25, -0.2) is 4.98 Å². The maximum absolute atomic E-state index is 5.70. The summed E-state index contributed by atoms with van der Waals surface area (Å²) >= 11 is 5.70. The number of aromatic amines is 1. The number of hydrogen-bond donors (Lipinski definition) is 1. The third-order valence-electron chi connectivity index (χ3n) is 2.56. The van der Waals surface area contributed by atoms with Crippen molar-refractivity contribution in [3.63, 3.8) is 0 Å². The monoisotopic (exact) mass is 214 g/mol. The Bertz CT molecular complexity index is 291. The van der Waals surface area contributed by atoms with Gasteiger partial charge in [-0.3, -0.25) is 0 Å². The minimum atomic E-state index is 0.501. The zero-order valence-electron chi connectivity index (χ0n) is 8.33. The van der Waals surface area contributed by atoms with E-state index in [0.29, 0.717) is 5.88 Å². The highest BCUT2D eigenvalue weighted by Gasteiger charge is 2.16. The number of likely N-dealkylation sites (N-methyl/N-ethyl adjacent to an activating group) is 1. The Kier molecular flexibility index (Phi) is 2.93. The molecule has 1 aliphatic rings. The van der Waals surface area contributed by atoms with E-state index in [4.69, 9.17) is 11.6 Å². The molecule has 1 aromatic rings. The molecule has 5 heteroatoms. The van der Waals surface area contributed by atoms with E-state index in [1.165, 1.54) is 0 Å². The first kappa shape index (κ1) is 9.80. The van der Waals surface area contributed by atoms with Crippen LogP contribution in [-0.2, 0) is 5.88 Å². The van der Waals surface area contributed by atoms with Crippen LogP contribution in [0.15, 0.2) is 6.20 Å². The highest BCUT2D eigenvalue weighted by atomic mass is 35.5. The molecule has 1 aromatic heterocycles. The molecule has 0 aromatic carbocycles. The average Bonchev–Trinajstić information content (AvgIpc) is 2.67. The fourth-order valence-electron chi connectivity index (χ4n) is 1.59. The standard InChI is InChI=1S/C9H15ClN4/c1-13-2-4-14(5-3-13)9-11-7-8(6-10)12-9/h7H,2-6H2,1H3,(H,11,12). The third kappa shape index (κ3) is 2.01. The summed E-state index contributed by atoms with van der Waals surface area (Å²) in [5.74, 6) is 1.45. The van der Waals surface area contributed by atoms with Crippen LogP contribution in [0, 0.1) is 0 Å². The molecule has 1 saturated heterocycles. The lowest BCUT2D eigenvalue weighted by Gasteiger charge is -2.32. The molecule has 14 heavy (non-hydrogen) atoms. The van der Waals surface area contributed by atoms with E-state index in [9.17, 15) is 0 Å². The number of piperazine rings is 1. The van der Waals surface area contributed by atoms with Gasteiger partial charge in [0.05, 0.1) is 17.8 Å². The first-order chi connectivity index (χ1) is 6.79. The van der Waals surface area contributed by atoms with Crippen LogP contribution in [0.25, 0.3) is 0 Å². The lowest BCUT2D eigenvalue weighted by atomic mass is 10.3. The van der Waals surface area contributed by atoms with Gasteiger partial charge in [0.1, 0.15) is 0 Å². The van der Waals surface area contributed by atoms with Gasteiger partial charge in [0, 0.05) is 26.2 Å². The highest BCUT2D eigenvalue weighted by molar-refractivity contribution is 6.16. The number of hydrogen-bond acceptors (Lipinski definition) is 3. The molecule has 78 valence electrons. The van der Waals surface area contributed by atoms with Crippen molar-refractivity contribution in [1.82, 2.24) is 14.9 Å². The molecule has 0 saturated carbocycles. The van der Waals surface area contributed by atoms with Crippen LogP contribution in [0.2, 0.25) is 0 Å². The Hall–Kier alpha value is -0.740.